The van der Waals surface area contributed by atoms with Crippen LogP contribution in [0.15, 0.2) is 6.07 Å². The van der Waals surface area contributed by atoms with E-state index in [9.17, 15) is 9.59 Å². The minimum atomic E-state index is -0.197. The average molecular weight is 461 g/mol. The second-order valence-corrected chi connectivity index (χ2v) is 9.39. The zero-order valence-corrected chi connectivity index (χ0v) is 22.1. The highest BCUT2D eigenvalue weighted by Gasteiger charge is 2.16. The van der Waals surface area contributed by atoms with Gasteiger partial charge in [0.1, 0.15) is 0 Å². The maximum atomic E-state index is 12.6. The summed E-state index contributed by atoms with van der Waals surface area (Å²) >= 11 is 0. The van der Waals surface area contributed by atoms with Gasteiger partial charge in [-0.3, -0.25) is 0 Å². The van der Waals surface area contributed by atoms with Crippen molar-refractivity contribution < 1.29 is 9.59 Å². The largest absolute Gasteiger partial charge is 0.338 e. The van der Waals surface area contributed by atoms with Crippen LogP contribution >= 0.6 is 0 Å². The highest BCUT2D eigenvalue weighted by molar-refractivity contribution is 5.96. The van der Waals surface area contributed by atoms with Crippen LogP contribution in [0, 0.1) is 32.6 Å². The van der Waals surface area contributed by atoms with E-state index in [2.05, 4.69) is 49.0 Å². The molecule has 33 heavy (non-hydrogen) atoms. The lowest BCUT2D eigenvalue weighted by Crippen LogP contribution is -2.34. The molecule has 2 atom stereocenters. The van der Waals surface area contributed by atoms with Gasteiger partial charge in [-0.25, -0.2) is 9.59 Å². The number of amides is 4. The van der Waals surface area contributed by atoms with Crippen LogP contribution in [0.25, 0.3) is 0 Å². The number of anilines is 2. The van der Waals surface area contributed by atoms with Gasteiger partial charge in [0.2, 0.25) is 0 Å². The smallest absolute Gasteiger partial charge is 0.319 e. The maximum Gasteiger partial charge on any atom is 0.319 e. The van der Waals surface area contributed by atoms with Crippen molar-refractivity contribution in [3.63, 3.8) is 0 Å². The molecule has 0 fully saturated rings. The van der Waals surface area contributed by atoms with Gasteiger partial charge in [-0.1, -0.05) is 72.3 Å². The van der Waals surface area contributed by atoms with Gasteiger partial charge in [-0.2, -0.15) is 0 Å². The van der Waals surface area contributed by atoms with Crippen LogP contribution in [-0.2, 0) is 0 Å². The molecule has 0 aliphatic rings. The molecule has 1 rings (SSSR count). The monoisotopic (exact) mass is 460 g/mol. The summed E-state index contributed by atoms with van der Waals surface area (Å²) in [5, 5.41) is 12.1. The number of rotatable bonds is 14. The molecule has 1 aromatic carbocycles. The van der Waals surface area contributed by atoms with E-state index in [1.165, 1.54) is 25.7 Å². The van der Waals surface area contributed by atoms with Crippen molar-refractivity contribution in [2.75, 3.05) is 23.7 Å². The molecule has 1 aromatic rings. The molecular weight excluding hydrogens is 412 g/mol. The molecule has 0 aromatic heterocycles. The Labute approximate surface area is 202 Å². The van der Waals surface area contributed by atoms with E-state index < -0.39 is 0 Å². The molecule has 188 valence electrons. The van der Waals surface area contributed by atoms with Gasteiger partial charge in [0.25, 0.3) is 0 Å². The van der Waals surface area contributed by atoms with Crippen LogP contribution in [0.5, 0.6) is 0 Å². The van der Waals surface area contributed by atoms with Crippen LogP contribution in [0.3, 0.4) is 0 Å². The lowest BCUT2D eigenvalue weighted by atomic mass is 9.99. The normalized spacial score (nSPS) is 12.7. The standard InChI is InChI=1S/C27H48N4O2/c1-8-12-14-22(10-3)17-28-26(32)30-24-19(5)16-20(6)25(21(24)7)31-27(33)29-18-23(11-4)15-13-9-2/h16,22-23H,8-15,17-18H2,1-7H3,(H2,28,30,32)(H2,29,31,33). The van der Waals surface area contributed by atoms with Crippen molar-refractivity contribution in [2.45, 2.75) is 99.8 Å². The van der Waals surface area contributed by atoms with Gasteiger partial charge in [0.05, 0.1) is 11.4 Å². The highest BCUT2D eigenvalue weighted by atomic mass is 16.2. The molecule has 0 aliphatic heterocycles. The Morgan fingerprint density at radius 3 is 1.45 bits per heavy atom. The lowest BCUT2D eigenvalue weighted by molar-refractivity contribution is 0.248. The zero-order chi connectivity index (χ0) is 24.8. The summed E-state index contributed by atoms with van der Waals surface area (Å²) in [6, 6.07) is 1.61. The number of nitrogens with one attached hydrogen (secondary N) is 4. The lowest BCUT2D eigenvalue weighted by Gasteiger charge is -2.21. The SMILES string of the molecule is CCCCC(CC)CNC(=O)Nc1c(C)cc(C)c(NC(=O)NCC(CC)CCCC)c1C. The van der Waals surface area contributed by atoms with Gasteiger partial charge in [0.15, 0.2) is 0 Å². The first-order valence-electron chi connectivity index (χ1n) is 13.0. The fourth-order valence-corrected chi connectivity index (χ4v) is 4.25. The van der Waals surface area contributed by atoms with E-state index >= 15 is 0 Å². The molecular formula is C27H48N4O2. The molecule has 6 heteroatoms. The minimum Gasteiger partial charge on any atom is -0.338 e. The summed E-state index contributed by atoms with van der Waals surface area (Å²) in [5.41, 5.74) is 4.34. The summed E-state index contributed by atoms with van der Waals surface area (Å²) in [6.45, 7) is 16.0. The van der Waals surface area contributed by atoms with Crippen molar-refractivity contribution in [2.24, 2.45) is 11.8 Å². The Balaban J connectivity index is 2.79. The number of hydrogen-bond acceptors (Lipinski definition) is 2. The van der Waals surface area contributed by atoms with E-state index in [0.29, 0.717) is 24.9 Å². The van der Waals surface area contributed by atoms with Crippen molar-refractivity contribution >= 4 is 23.4 Å². The molecule has 0 spiro atoms. The topological polar surface area (TPSA) is 82.3 Å². The number of carbonyl (C=O) groups is 2. The van der Waals surface area contributed by atoms with Gasteiger partial charge in [-0.15, -0.1) is 0 Å². The number of urea groups is 2. The first kappa shape index (κ1) is 28.8. The summed E-state index contributed by atoms with van der Waals surface area (Å²) in [5.74, 6) is 1.00. The van der Waals surface area contributed by atoms with Crippen molar-refractivity contribution in [1.82, 2.24) is 10.6 Å². The second-order valence-electron chi connectivity index (χ2n) is 9.39. The van der Waals surface area contributed by atoms with Crippen LogP contribution < -0.4 is 21.3 Å². The predicted molar refractivity (Wildman–Crippen MR) is 141 cm³/mol. The molecule has 4 amide bonds. The fourth-order valence-electron chi connectivity index (χ4n) is 4.25. The third-order valence-electron chi connectivity index (χ3n) is 6.64. The van der Waals surface area contributed by atoms with Crippen molar-refractivity contribution in [1.29, 1.82) is 0 Å². The number of carbonyl (C=O) groups excluding carboxylic acids is 2. The van der Waals surface area contributed by atoms with E-state index in [1.807, 2.05) is 26.8 Å². The first-order valence-corrected chi connectivity index (χ1v) is 13.0. The Morgan fingerprint density at radius 2 is 1.12 bits per heavy atom. The maximum absolute atomic E-state index is 12.6. The van der Waals surface area contributed by atoms with Crippen LogP contribution in [0.4, 0.5) is 21.0 Å². The molecule has 0 bridgehead atoms. The zero-order valence-electron chi connectivity index (χ0n) is 22.1. The molecule has 0 heterocycles. The number of aryl methyl sites for hydroxylation is 2. The fraction of sp³-hybridized carbons (Fsp3) is 0.704. The Hall–Kier alpha value is -2.24. The summed E-state index contributed by atoms with van der Waals surface area (Å²) < 4.78 is 0. The molecule has 0 saturated heterocycles. The molecule has 2 unspecified atom stereocenters. The number of hydrogen-bond donors (Lipinski definition) is 4. The molecule has 0 radical (unpaired) electrons. The summed E-state index contributed by atoms with van der Waals surface area (Å²) in [7, 11) is 0. The Kier molecular flexibility index (Phi) is 13.6. The minimum absolute atomic E-state index is 0.197. The van der Waals surface area contributed by atoms with Gasteiger partial charge < -0.3 is 21.3 Å². The van der Waals surface area contributed by atoms with Gasteiger partial charge in [-0.05, 0) is 62.1 Å². The first-order chi connectivity index (χ1) is 15.8. The summed E-state index contributed by atoms with van der Waals surface area (Å²) in [4.78, 5) is 25.2. The van der Waals surface area contributed by atoms with Crippen LogP contribution in [0.2, 0.25) is 0 Å². The third kappa shape index (κ3) is 10.1. The van der Waals surface area contributed by atoms with Crippen molar-refractivity contribution in [3.05, 3.63) is 22.8 Å². The number of benzene rings is 1. The Bertz CT molecular complexity index is 690. The molecule has 0 saturated carbocycles. The van der Waals surface area contributed by atoms with Gasteiger partial charge in [0, 0.05) is 13.1 Å². The molecule has 0 aliphatic carbocycles. The molecule has 6 nitrogen and oxygen atoms in total. The van der Waals surface area contributed by atoms with Crippen molar-refractivity contribution in [3.8, 4) is 0 Å². The van der Waals surface area contributed by atoms with Gasteiger partial charge >= 0.3 is 12.1 Å². The third-order valence-corrected chi connectivity index (χ3v) is 6.64. The molecule has 4 N–H and O–H groups in total. The summed E-state index contributed by atoms with van der Waals surface area (Å²) in [6.07, 6.45) is 9.11. The highest BCUT2D eigenvalue weighted by Crippen LogP contribution is 2.31. The average Bonchev–Trinajstić information content (AvgIpc) is 2.79. The van der Waals surface area contributed by atoms with E-state index in [4.69, 9.17) is 0 Å². The van der Waals surface area contributed by atoms with E-state index in [-0.39, 0.29) is 12.1 Å². The van der Waals surface area contributed by atoms with E-state index in [0.717, 1.165) is 53.7 Å². The predicted octanol–water partition coefficient (Wildman–Crippen LogP) is 7.29. The Morgan fingerprint density at radius 1 is 0.727 bits per heavy atom. The number of unbranched alkanes of at least 4 members (excludes halogenated alkanes) is 2. The van der Waals surface area contributed by atoms with Crippen LogP contribution in [0.1, 0.15) is 95.8 Å². The quantitative estimate of drug-likeness (QED) is 0.235. The second kappa shape index (κ2) is 15.6. The van der Waals surface area contributed by atoms with E-state index in [1.54, 1.807) is 0 Å². The van der Waals surface area contributed by atoms with Crippen LogP contribution in [-0.4, -0.2) is 25.2 Å².